The van der Waals surface area contributed by atoms with E-state index in [1.807, 2.05) is 0 Å². The number of halogens is 2. The van der Waals surface area contributed by atoms with E-state index >= 15 is 0 Å². The number of hydrogen-bond donors (Lipinski definition) is 1. The quantitative estimate of drug-likeness (QED) is 0.745. The monoisotopic (exact) mass is 429 g/mol. The van der Waals surface area contributed by atoms with Crippen molar-refractivity contribution in [2.75, 3.05) is 23.3 Å². The number of hydrogen-bond acceptors (Lipinski definition) is 4. The van der Waals surface area contributed by atoms with Gasteiger partial charge in [0.2, 0.25) is 0 Å². The third-order valence-corrected chi connectivity index (χ3v) is 5.45. The highest BCUT2D eigenvalue weighted by atomic mass is 35.5. The number of carbonyl (C=O) groups excluding carboxylic acids is 3. The number of anilines is 2. The fraction of sp³-hybridized carbons (Fsp3) is 0.190. The average molecular weight is 430 g/mol. The molecule has 0 atom stereocenters. The maximum Gasteiger partial charge on any atom is 0.283 e. The van der Waals surface area contributed by atoms with Crippen LogP contribution in [0.3, 0.4) is 0 Å². The summed E-state index contributed by atoms with van der Waals surface area (Å²) in [5.74, 6) is -1.27. The van der Waals surface area contributed by atoms with E-state index in [-0.39, 0.29) is 16.6 Å². The Morgan fingerprint density at radius 2 is 1.66 bits per heavy atom. The molecule has 4 rings (SSSR count). The molecule has 0 bridgehead atoms. The minimum Gasteiger partial charge on any atom is -0.350 e. The summed E-state index contributed by atoms with van der Waals surface area (Å²) < 4.78 is 0. The summed E-state index contributed by atoms with van der Waals surface area (Å²) in [6.45, 7) is 1.49. The fourth-order valence-electron chi connectivity index (χ4n) is 3.44. The number of likely N-dealkylation sites (tertiary alicyclic amines) is 1. The second-order valence-corrected chi connectivity index (χ2v) is 7.63. The number of nitrogens with zero attached hydrogens (tertiary/aromatic N) is 2. The first-order valence-corrected chi connectivity index (χ1v) is 9.92. The Balaban J connectivity index is 1.58. The molecule has 0 radical (unpaired) electrons. The maximum atomic E-state index is 12.9. The van der Waals surface area contributed by atoms with Crippen molar-refractivity contribution in [3.8, 4) is 0 Å². The van der Waals surface area contributed by atoms with Crippen LogP contribution in [0.4, 0.5) is 11.4 Å². The third-order valence-electron chi connectivity index (χ3n) is 4.87. The van der Waals surface area contributed by atoms with Crippen LogP contribution in [0.25, 0.3) is 0 Å². The normalized spacial score (nSPS) is 16.8. The molecule has 1 fully saturated rings. The number of carbonyl (C=O) groups is 3. The molecule has 2 aliphatic heterocycles. The number of benzene rings is 2. The van der Waals surface area contributed by atoms with Gasteiger partial charge < -0.3 is 10.2 Å². The predicted octanol–water partition coefficient (Wildman–Crippen LogP) is 4.01. The maximum absolute atomic E-state index is 12.9. The van der Waals surface area contributed by atoms with Crippen LogP contribution in [-0.2, 0) is 9.59 Å². The zero-order chi connectivity index (χ0) is 20.5. The highest BCUT2D eigenvalue weighted by Crippen LogP contribution is 2.31. The van der Waals surface area contributed by atoms with Crippen LogP contribution in [0.1, 0.15) is 23.2 Å². The molecular weight excluding hydrogens is 413 g/mol. The van der Waals surface area contributed by atoms with Gasteiger partial charge in [-0.3, -0.25) is 14.4 Å². The second kappa shape index (κ2) is 7.89. The molecule has 1 N–H and O–H groups in total. The molecule has 29 heavy (non-hydrogen) atoms. The van der Waals surface area contributed by atoms with E-state index in [0.717, 1.165) is 30.8 Å². The number of amides is 3. The van der Waals surface area contributed by atoms with Crippen LogP contribution in [-0.4, -0.2) is 35.7 Å². The van der Waals surface area contributed by atoms with Gasteiger partial charge in [0.1, 0.15) is 10.7 Å². The first-order valence-electron chi connectivity index (χ1n) is 9.16. The van der Waals surface area contributed by atoms with Gasteiger partial charge in [-0.25, -0.2) is 4.90 Å². The molecule has 2 aromatic carbocycles. The van der Waals surface area contributed by atoms with E-state index in [9.17, 15) is 14.4 Å². The van der Waals surface area contributed by atoms with Gasteiger partial charge in [0.25, 0.3) is 17.7 Å². The average Bonchev–Trinajstić information content (AvgIpc) is 3.32. The van der Waals surface area contributed by atoms with Crippen LogP contribution in [0.5, 0.6) is 0 Å². The zero-order valence-corrected chi connectivity index (χ0v) is 16.8. The molecule has 0 aromatic heterocycles. The molecule has 8 heteroatoms. The van der Waals surface area contributed by atoms with E-state index in [2.05, 4.69) is 5.32 Å². The SMILES string of the molecule is O=C(c1cccc(NC2=C(Cl)C(=O)N(c3cccc(Cl)c3)C2=O)c1)N1CCCC1. The Morgan fingerprint density at radius 3 is 2.38 bits per heavy atom. The van der Waals surface area contributed by atoms with E-state index in [1.165, 1.54) is 6.07 Å². The van der Waals surface area contributed by atoms with Gasteiger partial charge in [0.15, 0.2) is 0 Å². The van der Waals surface area contributed by atoms with Crippen molar-refractivity contribution in [3.05, 3.63) is 69.8 Å². The Kier molecular flexibility index (Phi) is 5.30. The Morgan fingerprint density at radius 1 is 0.931 bits per heavy atom. The highest BCUT2D eigenvalue weighted by molar-refractivity contribution is 6.53. The van der Waals surface area contributed by atoms with Crippen LogP contribution in [0.2, 0.25) is 5.02 Å². The van der Waals surface area contributed by atoms with Gasteiger partial charge in [-0.2, -0.15) is 0 Å². The van der Waals surface area contributed by atoms with Gasteiger partial charge in [-0.05, 0) is 49.2 Å². The molecule has 1 saturated heterocycles. The topological polar surface area (TPSA) is 69.7 Å². The van der Waals surface area contributed by atoms with Crippen molar-refractivity contribution in [1.29, 1.82) is 0 Å². The molecule has 148 valence electrons. The largest absolute Gasteiger partial charge is 0.350 e. The Bertz CT molecular complexity index is 1040. The van der Waals surface area contributed by atoms with Crippen LogP contribution in [0.15, 0.2) is 59.3 Å². The predicted molar refractivity (Wildman–Crippen MR) is 112 cm³/mol. The minimum atomic E-state index is -0.634. The lowest BCUT2D eigenvalue weighted by Gasteiger charge is -2.17. The lowest BCUT2D eigenvalue weighted by molar-refractivity contribution is -0.120. The van der Waals surface area contributed by atoms with Crippen molar-refractivity contribution >= 4 is 52.3 Å². The van der Waals surface area contributed by atoms with Crippen molar-refractivity contribution in [2.45, 2.75) is 12.8 Å². The van der Waals surface area contributed by atoms with E-state index in [0.29, 0.717) is 22.0 Å². The van der Waals surface area contributed by atoms with Crippen molar-refractivity contribution in [1.82, 2.24) is 4.90 Å². The molecule has 0 aliphatic carbocycles. The molecular formula is C21H17Cl2N3O3. The molecule has 0 saturated carbocycles. The van der Waals surface area contributed by atoms with Crippen LogP contribution in [0, 0.1) is 0 Å². The Hall–Kier alpha value is -2.83. The Labute approximate surface area is 177 Å². The second-order valence-electron chi connectivity index (χ2n) is 6.82. The smallest absolute Gasteiger partial charge is 0.283 e. The minimum absolute atomic E-state index is 0.0394. The molecule has 2 aromatic rings. The first-order chi connectivity index (χ1) is 14.0. The fourth-order valence-corrected chi connectivity index (χ4v) is 3.84. The van der Waals surface area contributed by atoms with E-state index in [4.69, 9.17) is 23.2 Å². The van der Waals surface area contributed by atoms with Gasteiger partial charge in [0.05, 0.1) is 5.69 Å². The summed E-state index contributed by atoms with van der Waals surface area (Å²) in [7, 11) is 0. The van der Waals surface area contributed by atoms with Gasteiger partial charge in [-0.15, -0.1) is 0 Å². The summed E-state index contributed by atoms with van der Waals surface area (Å²) in [4.78, 5) is 40.8. The molecule has 0 unspecified atom stereocenters. The van der Waals surface area contributed by atoms with Crippen molar-refractivity contribution in [3.63, 3.8) is 0 Å². The summed E-state index contributed by atoms with van der Waals surface area (Å²) in [5.41, 5.74) is 1.30. The van der Waals surface area contributed by atoms with Gasteiger partial charge >= 0.3 is 0 Å². The first kappa shape index (κ1) is 19.5. The summed E-state index contributed by atoms with van der Waals surface area (Å²) in [6.07, 6.45) is 2.00. The summed E-state index contributed by atoms with van der Waals surface area (Å²) in [6, 6.07) is 13.2. The standard InChI is InChI=1S/C21H17Cl2N3O3/c22-14-6-4-8-16(12-14)26-20(28)17(23)18(21(26)29)24-15-7-3-5-13(11-15)19(27)25-9-1-2-10-25/h3-8,11-12,24H,1-2,9-10H2. The molecule has 6 nitrogen and oxygen atoms in total. The van der Waals surface area contributed by atoms with Gasteiger partial charge in [-0.1, -0.05) is 35.3 Å². The van der Waals surface area contributed by atoms with Crippen molar-refractivity contribution in [2.24, 2.45) is 0 Å². The number of nitrogens with one attached hydrogen (secondary N) is 1. The summed E-state index contributed by atoms with van der Waals surface area (Å²) in [5, 5.41) is 3.08. The van der Waals surface area contributed by atoms with Gasteiger partial charge in [0, 0.05) is 29.4 Å². The lowest BCUT2D eigenvalue weighted by Crippen LogP contribution is -2.32. The lowest BCUT2D eigenvalue weighted by atomic mass is 10.1. The van der Waals surface area contributed by atoms with E-state index < -0.39 is 11.8 Å². The molecule has 2 heterocycles. The zero-order valence-electron chi connectivity index (χ0n) is 15.3. The molecule has 2 aliphatic rings. The molecule has 3 amide bonds. The number of rotatable bonds is 4. The number of imide groups is 1. The summed E-state index contributed by atoms with van der Waals surface area (Å²) >= 11 is 12.1. The van der Waals surface area contributed by atoms with Crippen LogP contribution >= 0.6 is 23.2 Å². The molecule has 0 spiro atoms. The van der Waals surface area contributed by atoms with Crippen molar-refractivity contribution < 1.29 is 14.4 Å². The third kappa shape index (κ3) is 3.73. The van der Waals surface area contributed by atoms with E-state index in [1.54, 1.807) is 47.4 Å². The highest BCUT2D eigenvalue weighted by Gasteiger charge is 2.39. The van der Waals surface area contributed by atoms with Crippen LogP contribution < -0.4 is 10.2 Å².